The average Bonchev–Trinajstić information content (AvgIpc) is 3.17. The fourth-order valence-electron chi connectivity index (χ4n) is 3.35. The number of aromatic amines is 1. The minimum absolute atomic E-state index is 0.0851. The highest BCUT2D eigenvalue weighted by atomic mass is 19.4. The molecule has 4 rings (SSSR count). The number of imide groups is 1. The number of carbonyl (C=O) groups excluding carboxylic acids is 3. The first-order valence-corrected chi connectivity index (χ1v) is 8.10. The lowest BCUT2D eigenvalue weighted by Crippen LogP contribution is -2.36. The van der Waals surface area contributed by atoms with Crippen molar-refractivity contribution in [1.29, 1.82) is 0 Å². The van der Waals surface area contributed by atoms with Crippen LogP contribution in [-0.4, -0.2) is 33.0 Å². The van der Waals surface area contributed by atoms with E-state index in [2.05, 4.69) is 10.2 Å². The molecule has 0 saturated heterocycles. The van der Waals surface area contributed by atoms with Crippen molar-refractivity contribution >= 4 is 17.8 Å². The largest absolute Gasteiger partial charge is 0.435 e. The van der Waals surface area contributed by atoms with Crippen LogP contribution >= 0.6 is 0 Å². The van der Waals surface area contributed by atoms with E-state index in [1.807, 2.05) is 0 Å². The fraction of sp³-hybridized carbons (Fsp3) is 0.294. The maximum absolute atomic E-state index is 13.0. The molecule has 2 aromatic rings. The van der Waals surface area contributed by atoms with Crippen molar-refractivity contribution in [3.8, 4) is 0 Å². The predicted molar refractivity (Wildman–Crippen MR) is 82.1 cm³/mol. The normalized spacial score (nSPS) is 19.1. The standard InChI is InChI=1S/C17H12F3N3O4/c18-17(19,20)13-11-7-8(5-6-12(11)21-22-13)16(26)27-23-14(24)9-3-1-2-4-10(9)15(23)25/h1-4,8H,5-7H2,(H,21,22). The van der Waals surface area contributed by atoms with E-state index in [9.17, 15) is 27.6 Å². The van der Waals surface area contributed by atoms with Crippen LogP contribution in [0.15, 0.2) is 24.3 Å². The van der Waals surface area contributed by atoms with Crippen LogP contribution in [0, 0.1) is 5.92 Å². The minimum atomic E-state index is -4.64. The van der Waals surface area contributed by atoms with Crippen molar-refractivity contribution < 1.29 is 32.4 Å². The quantitative estimate of drug-likeness (QED) is 0.809. The van der Waals surface area contributed by atoms with E-state index in [1.165, 1.54) is 12.1 Å². The first-order chi connectivity index (χ1) is 12.8. The van der Waals surface area contributed by atoms with Crippen molar-refractivity contribution in [1.82, 2.24) is 15.3 Å². The van der Waals surface area contributed by atoms with E-state index in [0.717, 1.165) is 0 Å². The van der Waals surface area contributed by atoms with Gasteiger partial charge in [0.25, 0.3) is 11.8 Å². The van der Waals surface area contributed by atoms with E-state index in [1.54, 1.807) is 12.1 Å². The van der Waals surface area contributed by atoms with Gasteiger partial charge in [-0.25, -0.2) is 4.79 Å². The summed E-state index contributed by atoms with van der Waals surface area (Å²) in [5, 5.41) is 6.01. The van der Waals surface area contributed by atoms with Gasteiger partial charge in [0.05, 0.1) is 17.0 Å². The van der Waals surface area contributed by atoms with E-state index >= 15 is 0 Å². The highest BCUT2D eigenvalue weighted by Gasteiger charge is 2.43. The number of amides is 2. The number of benzene rings is 1. The van der Waals surface area contributed by atoms with Crippen molar-refractivity contribution in [3.05, 3.63) is 52.3 Å². The molecule has 0 bridgehead atoms. The molecule has 1 aromatic carbocycles. The Morgan fingerprint density at radius 2 is 1.81 bits per heavy atom. The van der Waals surface area contributed by atoms with Crippen LogP contribution in [0.2, 0.25) is 0 Å². The topological polar surface area (TPSA) is 92.4 Å². The molecule has 1 aliphatic carbocycles. The van der Waals surface area contributed by atoms with Gasteiger partial charge in [0.15, 0.2) is 5.69 Å². The van der Waals surface area contributed by atoms with Crippen LogP contribution in [0.1, 0.15) is 44.1 Å². The molecule has 2 heterocycles. The van der Waals surface area contributed by atoms with Gasteiger partial charge in [0.2, 0.25) is 0 Å². The lowest BCUT2D eigenvalue weighted by atomic mass is 9.86. The first-order valence-electron chi connectivity index (χ1n) is 8.10. The van der Waals surface area contributed by atoms with Crippen LogP contribution < -0.4 is 0 Å². The number of hydrogen-bond acceptors (Lipinski definition) is 5. The summed E-state index contributed by atoms with van der Waals surface area (Å²) < 4.78 is 39.1. The van der Waals surface area contributed by atoms with Crippen molar-refractivity contribution in [3.63, 3.8) is 0 Å². The zero-order valence-electron chi connectivity index (χ0n) is 13.7. The van der Waals surface area contributed by atoms with Crippen LogP contribution in [0.5, 0.6) is 0 Å². The molecule has 27 heavy (non-hydrogen) atoms. The molecule has 2 amide bonds. The number of aryl methyl sites for hydroxylation is 1. The van der Waals surface area contributed by atoms with Gasteiger partial charge < -0.3 is 4.84 Å². The van der Waals surface area contributed by atoms with Gasteiger partial charge in [-0.1, -0.05) is 17.2 Å². The Morgan fingerprint density at radius 1 is 1.19 bits per heavy atom. The summed E-state index contributed by atoms with van der Waals surface area (Å²) in [5.74, 6) is -3.40. The van der Waals surface area contributed by atoms with Crippen molar-refractivity contribution in [2.75, 3.05) is 0 Å². The number of aromatic nitrogens is 2. The Balaban J connectivity index is 1.52. The third kappa shape index (κ3) is 2.77. The van der Waals surface area contributed by atoms with E-state index in [0.29, 0.717) is 10.8 Å². The highest BCUT2D eigenvalue weighted by Crippen LogP contribution is 2.36. The number of rotatable bonds is 2. The zero-order valence-corrected chi connectivity index (χ0v) is 13.7. The molecule has 1 aromatic heterocycles. The molecule has 1 N–H and O–H groups in total. The van der Waals surface area contributed by atoms with Crippen LogP contribution in [0.3, 0.4) is 0 Å². The molecule has 0 spiro atoms. The molecular formula is C17H12F3N3O4. The highest BCUT2D eigenvalue weighted by molar-refractivity contribution is 6.20. The first kappa shape index (κ1) is 17.3. The maximum Gasteiger partial charge on any atom is 0.435 e. The summed E-state index contributed by atoms with van der Waals surface area (Å²) in [6.45, 7) is 0. The molecule has 1 unspecified atom stereocenters. The Kier molecular flexibility index (Phi) is 3.79. The third-order valence-electron chi connectivity index (χ3n) is 4.69. The number of hydrogen-bond donors (Lipinski definition) is 1. The number of hydroxylamine groups is 2. The molecule has 1 aliphatic heterocycles. The van der Waals surface area contributed by atoms with Crippen molar-refractivity contribution in [2.24, 2.45) is 5.92 Å². The molecule has 2 aliphatic rings. The number of nitrogens with zero attached hydrogens (tertiary/aromatic N) is 2. The fourth-order valence-corrected chi connectivity index (χ4v) is 3.35. The van der Waals surface area contributed by atoms with Crippen LogP contribution in [-0.2, 0) is 28.7 Å². The summed E-state index contributed by atoms with van der Waals surface area (Å²) >= 11 is 0. The Bertz CT molecular complexity index is 932. The molecule has 0 radical (unpaired) electrons. The van der Waals surface area contributed by atoms with E-state index < -0.39 is 35.6 Å². The number of alkyl halides is 3. The van der Waals surface area contributed by atoms with Crippen LogP contribution in [0.4, 0.5) is 13.2 Å². The average molecular weight is 379 g/mol. The second kappa shape index (κ2) is 5.93. The number of nitrogens with one attached hydrogen (secondary N) is 1. The zero-order chi connectivity index (χ0) is 19.3. The summed E-state index contributed by atoms with van der Waals surface area (Å²) in [4.78, 5) is 41.8. The Hall–Kier alpha value is -3.17. The molecule has 1 atom stereocenters. The molecule has 10 heteroatoms. The molecule has 140 valence electrons. The van der Waals surface area contributed by atoms with Gasteiger partial charge in [-0.15, -0.1) is 0 Å². The van der Waals surface area contributed by atoms with Gasteiger partial charge >= 0.3 is 12.1 Å². The number of carbonyl (C=O) groups is 3. The maximum atomic E-state index is 13.0. The van der Waals surface area contributed by atoms with Gasteiger partial charge in [-0.2, -0.15) is 18.3 Å². The summed E-state index contributed by atoms with van der Waals surface area (Å²) in [6.07, 6.45) is -4.48. The third-order valence-corrected chi connectivity index (χ3v) is 4.69. The second-order valence-corrected chi connectivity index (χ2v) is 6.33. The van der Waals surface area contributed by atoms with E-state index in [4.69, 9.17) is 4.84 Å². The number of halogens is 3. The van der Waals surface area contributed by atoms with Gasteiger partial charge in [0.1, 0.15) is 0 Å². The van der Waals surface area contributed by atoms with Gasteiger partial charge in [0, 0.05) is 11.3 Å². The number of fused-ring (bicyclic) bond motifs is 2. The van der Waals surface area contributed by atoms with E-state index in [-0.39, 0.29) is 36.0 Å². The molecule has 0 saturated carbocycles. The lowest BCUT2D eigenvalue weighted by Gasteiger charge is -2.22. The Labute approximate surface area is 150 Å². The lowest BCUT2D eigenvalue weighted by molar-refractivity contribution is -0.174. The number of H-pyrrole nitrogens is 1. The monoisotopic (exact) mass is 379 g/mol. The SMILES string of the molecule is O=C(ON1C(=O)c2ccccc2C1=O)C1CCc2[nH]nc(C(F)(F)F)c2C1. The molecule has 0 fully saturated rings. The molecule has 7 nitrogen and oxygen atoms in total. The summed E-state index contributed by atoms with van der Waals surface area (Å²) in [7, 11) is 0. The van der Waals surface area contributed by atoms with Crippen molar-refractivity contribution in [2.45, 2.75) is 25.4 Å². The Morgan fingerprint density at radius 3 is 2.41 bits per heavy atom. The molecular weight excluding hydrogens is 367 g/mol. The predicted octanol–water partition coefficient (Wildman–Crippen LogP) is 2.29. The van der Waals surface area contributed by atoms with Gasteiger partial charge in [-0.3, -0.25) is 14.7 Å². The van der Waals surface area contributed by atoms with Gasteiger partial charge in [-0.05, 0) is 31.4 Å². The summed E-state index contributed by atoms with van der Waals surface area (Å²) in [6, 6.07) is 5.99. The van der Waals surface area contributed by atoms with Crippen LogP contribution in [0.25, 0.3) is 0 Å². The summed E-state index contributed by atoms with van der Waals surface area (Å²) in [5.41, 5.74) is -0.605. The smallest absolute Gasteiger partial charge is 0.329 e. The minimum Gasteiger partial charge on any atom is -0.329 e. The second-order valence-electron chi connectivity index (χ2n) is 6.33.